The van der Waals surface area contributed by atoms with Crippen molar-refractivity contribution in [1.29, 1.82) is 0 Å². The van der Waals surface area contributed by atoms with Crippen molar-refractivity contribution in [3.63, 3.8) is 0 Å². The number of likely N-dealkylation sites (tertiary alicyclic amines) is 1. The van der Waals surface area contributed by atoms with Gasteiger partial charge in [-0.25, -0.2) is 9.18 Å². The molecule has 4 nitrogen and oxygen atoms in total. The van der Waals surface area contributed by atoms with Crippen LogP contribution in [0.1, 0.15) is 53.2 Å². The molecule has 1 N–H and O–H groups in total. The molecule has 2 amide bonds. The second-order valence-corrected chi connectivity index (χ2v) is 8.78. The molecule has 192 valence electrons. The van der Waals surface area contributed by atoms with Crippen molar-refractivity contribution < 1.29 is 40.6 Å². The van der Waals surface area contributed by atoms with Crippen LogP contribution in [-0.2, 0) is 12.4 Å². The van der Waals surface area contributed by atoms with Crippen molar-refractivity contribution >= 4 is 6.03 Å². The number of rotatable bonds is 4. The number of hydrogen-bond donors (Lipinski definition) is 1. The van der Waals surface area contributed by atoms with E-state index in [-0.39, 0.29) is 30.7 Å². The predicted octanol–water partition coefficient (Wildman–Crippen LogP) is 6.34. The molecule has 0 unspecified atom stereocenters. The molecule has 1 saturated heterocycles. The van der Waals surface area contributed by atoms with Crippen molar-refractivity contribution in [2.75, 3.05) is 20.2 Å². The van der Waals surface area contributed by atoms with Crippen LogP contribution in [0.15, 0.2) is 36.4 Å². The third-order valence-electron chi connectivity index (χ3n) is 6.53. The van der Waals surface area contributed by atoms with E-state index < -0.39 is 47.4 Å². The van der Waals surface area contributed by atoms with E-state index in [0.717, 1.165) is 4.90 Å². The van der Waals surface area contributed by atoms with Crippen molar-refractivity contribution in [1.82, 2.24) is 9.80 Å². The summed E-state index contributed by atoms with van der Waals surface area (Å²) in [5.74, 6) is -0.837. The topological polar surface area (TPSA) is 43.8 Å². The Bertz CT molecular complexity index is 1050. The molecule has 0 saturated carbocycles. The van der Waals surface area contributed by atoms with Gasteiger partial charge in [-0.3, -0.25) is 0 Å². The van der Waals surface area contributed by atoms with E-state index in [9.17, 15) is 40.6 Å². The van der Waals surface area contributed by atoms with Gasteiger partial charge in [-0.1, -0.05) is 6.07 Å². The maximum absolute atomic E-state index is 13.6. The number of urea groups is 1. The second kappa shape index (κ2) is 9.67. The van der Waals surface area contributed by atoms with Crippen molar-refractivity contribution in [2.24, 2.45) is 5.92 Å². The molecule has 1 aliphatic rings. The van der Waals surface area contributed by atoms with Crippen LogP contribution >= 0.6 is 0 Å². The smallest absolute Gasteiger partial charge is 0.396 e. The Morgan fingerprint density at radius 3 is 2.14 bits per heavy atom. The lowest BCUT2D eigenvalue weighted by atomic mass is 9.91. The molecule has 0 radical (unpaired) electrons. The molecule has 1 aliphatic heterocycles. The average molecular weight is 506 g/mol. The summed E-state index contributed by atoms with van der Waals surface area (Å²) in [4.78, 5) is 15.9. The maximum atomic E-state index is 13.6. The van der Waals surface area contributed by atoms with Crippen LogP contribution < -0.4 is 0 Å². The Morgan fingerprint density at radius 2 is 1.66 bits per heavy atom. The molecule has 35 heavy (non-hydrogen) atoms. The fraction of sp³-hybridized carbons (Fsp3) is 0.458. The van der Waals surface area contributed by atoms with E-state index in [1.54, 1.807) is 6.92 Å². The Hall–Kier alpha value is -2.82. The fourth-order valence-electron chi connectivity index (χ4n) is 4.47. The zero-order valence-electron chi connectivity index (χ0n) is 19.2. The Morgan fingerprint density at radius 1 is 1.09 bits per heavy atom. The molecule has 0 aliphatic carbocycles. The van der Waals surface area contributed by atoms with Crippen molar-refractivity contribution in [3.05, 3.63) is 70.0 Å². The van der Waals surface area contributed by atoms with Gasteiger partial charge in [0.2, 0.25) is 0 Å². The molecular weight excluding hydrogens is 481 g/mol. The largest absolute Gasteiger partial charge is 0.416 e. The number of nitrogens with zero attached hydrogens (tertiary/aromatic N) is 2. The number of benzene rings is 2. The highest BCUT2D eigenvalue weighted by Gasteiger charge is 2.41. The quantitative estimate of drug-likeness (QED) is 0.492. The second-order valence-electron chi connectivity index (χ2n) is 8.78. The number of aryl methyl sites for hydroxylation is 1. The van der Waals surface area contributed by atoms with Crippen LogP contribution in [0.3, 0.4) is 0 Å². The van der Waals surface area contributed by atoms with Gasteiger partial charge in [-0.15, -0.1) is 0 Å². The summed E-state index contributed by atoms with van der Waals surface area (Å²) in [5.41, 5.74) is -2.09. The minimum absolute atomic E-state index is 0.0394. The SMILES string of the molecule is Cc1cc(F)ccc1[C@H]1[C@H](CO)CCN1C(=O)N(C)[C@H](C)c1cc(C(F)(F)F)cc(C(F)(F)F)c1. The van der Waals surface area contributed by atoms with Gasteiger partial charge in [0.1, 0.15) is 5.82 Å². The van der Waals surface area contributed by atoms with E-state index in [0.29, 0.717) is 29.7 Å². The predicted molar refractivity (Wildman–Crippen MR) is 114 cm³/mol. The lowest BCUT2D eigenvalue weighted by Gasteiger charge is -2.35. The van der Waals surface area contributed by atoms with Crippen LogP contribution in [0.25, 0.3) is 0 Å². The summed E-state index contributed by atoms with van der Waals surface area (Å²) in [6, 6.07) is 2.88. The number of aliphatic hydroxyl groups excluding tert-OH is 1. The van der Waals surface area contributed by atoms with Crippen LogP contribution in [0, 0.1) is 18.7 Å². The van der Waals surface area contributed by atoms with Crippen LogP contribution in [-0.4, -0.2) is 41.1 Å². The van der Waals surface area contributed by atoms with Gasteiger partial charge in [0.25, 0.3) is 0 Å². The molecule has 0 aromatic heterocycles. The summed E-state index contributed by atoms with van der Waals surface area (Å²) in [6.07, 6.45) is -9.59. The lowest BCUT2D eigenvalue weighted by molar-refractivity contribution is -0.143. The molecule has 1 heterocycles. The van der Waals surface area contributed by atoms with Gasteiger partial charge in [0, 0.05) is 26.1 Å². The molecule has 3 atom stereocenters. The Labute approximate surface area is 197 Å². The Kier molecular flexibility index (Phi) is 7.40. The normalized spacial score (nSPS) is 19.7. The van der Waals surface area contributed by atoms with Crippen LogP contribution in [0.4, 0.5) is 35.5 Å². The van der Waals surface area contributed by atoms with Gasteiger partial charge >= 0.3 is 18.4 Å². The highest BCUT2D eigenvalue weighted by Crippen LogP contribution is 2.41. The van der Waals surface area contributed by atoms with E-state index in [2.05, 4.69) is 0 Å². The van der Waals surface area contributed by atoms with Crippen molar-refractivity contribution in [2.45, 2.75) is 44.7 Å². The van der Waals surface area contributed by atoms with E-state index in [1.165, 1.54) is 37.1 Å². The summed E-state index contributed by atoms with van der Waals surface area (Å²) in [7, 11) is 1.29. The van der Waals surface area contributed by atoms with Crippen LogP contribution in [0.2, 0.25) is 0 Å². The minimum Gasteiger partial charge on any atom is -0.396 e. The third-order valence-corrected chi connectivity index (χ3v) is 6.53. The molecule has 3 rings (SSSR count). The zero-order chi connectivity index (χ0) is 26.3. The first-order chi connectivity index (χ1) is 16.1. The van der Waals surface area contributed by atoms with Gasteiger partial charge < -0.3 is 14.9 Å². The highest BCUT2D eigenvalue weighted by molar-refractivity contribution is 5.76. The zero-order valence-corrected chi connectivity index (χ0v) is 19.2. The number of aliphatic hydroxyl groups is 1. The monoisotopic (exact) mass is 506 g/mol. The first-order valence-corrected chi connectivity index (χ1v) is 10.8. The molecule has 0 bridgehead atoms. The highest BCUT2D eigenvalue weighted by atomic mass is 19.4. The number of hydrogen-bond acceptors (Lipinski definition) is 2. The van der Waals surface area contributed by atoms with Gasteiger partial charge in [0.05, 0.1) is 23.2 Å². The fourth-order valence-corrected chi connectivity index (χ4v) is 4.47. The van der Waals surface area contributed by atoms with E-state index >= 15 is 0 Å². The van der Waals surface area contributed by atoms with E-state index in [1.807, 2.05) is 0 Å². The third kappa shape index (κ3) is 5.55. The van der Waals surface area contributed by atoms with Crippen LogP contribution in [0.5, 0.6) is 0 Å². The molecule has 2 aromatic carbocycles. The number of carbonyl (C=O) groups excluding carboxylic acids is 1. The summed E-state index contributed by atoms with van der Waals surface area (Å²) in [6.45, 7) is 2.94. The molecule has 11 heteroatoms. The number of alkyl halides is 6. The standard InChI is InChI=1S/C24H25F7N2O2/c1-13-8-19(25)4-5-20(13)21-15(12-34)6-7-33(21)22(35)32(3)14(2)16-9-17(23(26,27)28)11-18(10-16)24(29,30)31/h4-5,8-11,14-15,21,34H,6-7,12H2,1-3H3/t14-,15+,21-/m1/s1. The summed E-state index contributed by atoms with van der Waals surface area (Å²) < 4.78 is 93.3. The van der Waals surface area contributed by atoms with Gasteiger partial charge in [-0.05, 0) is 67.3 Å². The molecule has 1 fully saturated rings. The number of halogens is 7. The average Bonchev–Trinajstić information content (AvgIpc) is 3.19. The van der Waals surface area contributed by atoms with E-state index in [4.69, 9.17) is 0 Å². The molecule has 0 spiro atoms. The van der Waals surface area contributed by atoms with Gasteiger partial charge in [0.15, 0.2) is 0 Å². The van der Waals surface area contributed by atoms with Gasteiger partial charge in [-0.2, -0.15) is 26.3 Å². The van der Waals surface area contributed by atoms with Crippen molar-refractivity contribution in [3.8, 4) is 0 Å². The first kappa shape index (κ1) is 26.8. The maximum Gasteiger partial charge on any atom is 0.416 e. The first-order valence-electron chi connectivity index (χ1n) is 10.8. The molecule has 2 aromatic rings. The summed E-state index contributed by atoms with van der Waals surface area (Å²) in [5, 5.41) is 9.84. The number of carbonyl (C=O) groups is 1. The summed E-state index contributed by atoms with van der Waals surface area (Å²) >= 11 is 0. The minimum atomic E-state index is -5.01. The molecular formula is C24H25F7N2O2. The Balaban J connectivity index is 1.96. The lowest BCUT2D eigenvalue weighted by Crippen LogP contribution is -2.43. The number of amides is 2.